The van der Waals surface area contributed by atoms with Crippen molar-refractivity contribution in [3.05, 3.63) is 41.0 Å². The van der Waals surface area contributed by atoms with Crippen LogP contribution in [0.3, 0.4) is 0 Å². The predicted octanol–water partition coefficient (Wildman–Crippen LogP) is 2.97. The summed E-state index contributed by atoms with van der Waals surface area (Å²) in [5.41, 5.74) is 2.37. The molecule has 1 fully saturated rings. The smallest absolute Gasteiger partial charge is 0.191 e. The number of fused-ring (bicyclic) bond motifs is 1. The zero-order chi connectivity index (χ0) is 20.1. The summed E-state index contributed by atoms with van der Waals surface area (Å²) in [6.07, 6.45) is 7.28. The van der Waals surface area contributed by atoms with E-state index in [-0.39, 0.29) is 0 Å². The van der Waals surface area contributed by atoms with Crippen LogP contribution in [0.25, 0.3) is 0 Å². The van der Waals surface area contributed by atoms with Crippen molar-refractivity contribution in [1.82, 2.24) is 25.4 Å². The van der Waals surface area contributed by atoms with E-state index in [1.807, 2.05) is 0 Å². The normalized spacial score (nSPS) is 16.8. The summed E-state index contributed by atoms with van der Waals surface area (Å²) in [5.74, 6) is 4.56. The Morgan fingerprint density at radius 1 is 1.17 bits per heavy atom. The van der Waals surface area contributed by atoms with E-state index in [9.17, 15) is 0 Å². The number of hydrogen-bond donors (Lipinski definition) is 2. The third kappa shape index (κ3) is 5.28. The number of aromatic nitrogens is 3. The number of hydrogen-bond acceptors (Lipinski definition) is 4. The molecule has 1 aromatic heterocycles. The van der Waals surface area contributed by atoms with Crippen molar-refractivity contribution in [2.75, 3.05) is 13.7 Å². The molecule has 29 heavy (non-hydrogen) atoms. The molecule has 1 aromatic carbocycles. The van der Waals surface area contributed by atoms with Crippen LogP contribution in [-0.2, 0) is 26.1 Å². The second-order valence-corrected chi connectivity index (χ2v) is 8.14. The number of aliphatic imine (C=N–C) groups is 1. The molecule has 1 aliphatic carbocycles. The highest BCUT2D eigenvalue weighted by molar-refractivity contribution is 5.79. The molecule has 4 rings (SSSR count). The van der Waals surface area contributed by atoms with E-state index in [1.54, 1.807) is 7.05 Å². The Bertz CT molecular complexity index is 855. The van der Waals surface area contributed by atoms with E-state index in [0.717, 1.165) is 54.4 Å². The third-order valence-electron chi connectivity index (χ3n) is 5.66. The van der Waals surface area contributed by atoms with E-state index in [1.165, 1.54) is 37.7 Å². The number of guanidine groups is 1. The van der Waals surface area contributed by atoms with Crippen molar-refractivity contribution in [1.29, 1.82) is 0 Å². The maximum atomic E-state index is 6.08. The second-order valence-electron chi connectivity index (χ2n) is 8.14. The number of rotatable bonds is 7. The van der Waals surface area contributed by atoms with Gasteiger partial charge in [-0.2, -0.15) is 0 Å². The van der Waals surface area contributed by atoms with E-state index in [4.69, 9.17) is 4.74 Å². The molecule has 0 atom stereocenters. The molecule has 2 N–H and O–H groups in total. The molecule has 0 amide bonds. The van der Waals surface area contributed by atoms with Gasteiger partial charge < -0.3 is 19.9 Å². The van der Waals surface area contributed by atoms with Crippen LogP contribution in [0.1, 0.15) is 54.9 Å². The lowest BCUT2D eigenvalue weighted by Gasteiger charge is -2.15. The summed E-state index contributed by atoms with van der Waals surface area (Å²) in [4.78, 5) is 4.36. The van der Waals surface area contributed by atoms with Gasteiger partial charge in [0.2, 0.25) is 0 Å². The molecule has 2 aromatic rings. The second kappa shape index (κ2) is 9.29. The lowest BCUT2D eigenvalue weighted by Crippen LogP contribution is -2.37. The number of aryl methyl sites for hydroxylation is 2. The first-order chi connectivity index (χ1) is 14.2. The lowest BCUT2D eigenvalue weighted by molar-refractivity contribution is 0.296. The molecule has 0 saturated heterocycles. The van der Waals surface area contributed by atoms with Crippen molar-refractivity contribution in [3.63, 3.8) is 0 Å². The summed E-state index contributed by atoms with van der Waals surface area (Å²) >= 11 is 0. The number of ether oxygens (including phenoxy) is 1. The third-order valence-corrected chi connectivity index (χ3v) is 5.66. The monoisotopic (exact) mass is 396 g/mol. The molecule has 2 aliphatic rings. The SMILES string of the molecule is CN=C(NCc1ccc(C)cc1OCC1CC1)NCc1nnc2n1CCCCC2. The number of benzene rings is 1. The maximum Gasteiger partial charge on any atom is 0.191 e. The fraction of sp³-hybridized carbons (Fsp3) is 0.591. The van der Waals surface area contributed by atoms with Gasteiger partial charge in [-0.1, -0.05) is 18.6 Å². The van der Waals surface area contributed by atoms with Gasteiger partial charge in [0.15, 0.2) is 11.8 Å². The molecule has 2 heterocycles. The van der Waals surface area contributed by atoms with Crippen LogP contribution in [0.5, 0.6) is 5.75 Å². The fourth-order valence-electron chi connectivity index (χ4n) is 3.67. The Morgan fingerprint density at radius 3 is 2.86 bits per heavy atom. The van der Waals surface area contributed by atoms with Crippen molar-refractivity contribution in [3.8, 4) is 5.75 Å². The van der Waals surface area contributed by atoms with Gasteiger partial charge in [-0.15, -0.1) is 10.2 Å². The van der Waals surface area contributed by atoms with Gasteiger partial charge in [0.05, 0.1) is 13.2 Å². The van der Waals surface area contributed by atoms with Gasteiger partial charge in [-0.25, -0.2) is 0 Å². The Morgan fingerprint density at radius 2 is 2.03 bits per heavy atom. The predicted molar refractivity (Wildman–Crippen MR) is 114 cm³/mol. The minimum Gasteiger partial charge on any atom is -0.493 e. The molecular formula is C22H32N6O. The zero-order valence-electron chi connectivity index (χ0n) is 17.6. The largest absolute Gasteiger partial charge is 0.493 e. The van der Waals surface area contributed by atoms with Crippen LogP contribution in [0.4, 0.5) is 0 Å². The van der Waals surface area contributed by atoms with Gasteiger partial charge in [0, 0.05) is 32.1 Å². The molecule has 7 heteroatoms. The zero-order valence-corrected chi connectivity index (χ0v) is 17.6. The minimum absolute atomic E-state index is 0.617. The Balaban J connectivity index is 1.33. The maximum absolute atomic E-state index is 6.08. The summed E-state index contributed by atoms with van der Waals surface area (Å²) < 4.78 is 8.34. The number of nitrogens with one attached hydrogen (secondary N) is 2. The molecular weight excluding hydrogens is 364 g/mol. The highest BCUT2D eigenvalue weighted by Gasteiger charge is 2.22. The first-order valence-electron chi connectivity index (χ1n) is 10.8. The van der Waals surface area contributed by atoms with E-state index >= 15 is 0 Å². The summed E-state index contributed by atoms with van der Waals surface area (Å²) in [6.45, 7) is 5.21. The summed E-state index contributed by atoms with van der Waals surface area (Å²) in [7, 11) is 1.79. The van der Waals surface area contributed by atoms with Gasteiger partial charge >= 0.3 is 0 Å². The van der Waals surface area contributed by atoms with Gasteiger partial charge in [-0.05, 0) is 50.2 Å². The van der Waals surface area contributed by atoms with Crippen molar-refractivity contribution in [2.45, 2.75) is 65.1 Å². The summed E-state index contributed by atoms with van der Waals surface area (Å²) in [5, 5.41) is 15.5. The Hall–Kier alpha value is -2.57. The van der Waals surface area contributed by atoms with E-state index in [0.29, 0.717) is 13.1 Å². The van der Waals surface area contributed by atoms with Crippen LogP contribution < -0.4 is 15.4 Å². The van der Waals surface area contributed by atoms with Crippen molar-refractivity contribution < 1.29 is 4.74 Å². The van der Waals surface area contributed by atoms with Crippen LogP contribution in [0, 0.1) is 12.8 Å². The van der Waals surface area contributed by atoms with Crippen molar-refractivity contribution in [2.24, 2.45) is 10.9 Å². The topological polar surface area (TPSA) is 76.4 Å². The molecule has 1 saturated carbocycles. The van der Waals surface area contributed by atoms with Gasteiger partial charge in [0.1, 0.15) is 11.6 Å². The molecule has 0 radical (unpaired) electrons. The average Bonchev–Trinajstić information content (AvgIpc) is 3.52. The Kier molecular flexibility index (Phi) is 6.32. The Labute approximate surface area is 173 Å². The first kappa shape index (κ1) is 19.7. The van der Waals surface area contributed by atoms with E-state index in [2.05, 4.69) is 55.5 Å². The molecule has 1 aliphatic heterocycles. The van der Waals surface area contributed by atoms with Crippen LogP contribution >= 0.6 is 0 Å². The lowest BCUT2D eigenvalue weighted by atomic mass is 10.1. The highest BCUT2D eigenvalue weighted by Crippen LogP contribution is 2.30. The van der Waals surface area contributed by atoms with Crippen molar-refractivity contribution >= 4 is 5.96 Å². The van der Waals surface area contributed by atoms with Crippen LogP contribution in [-0.4, -0.2) is 34.4 Å². The van der Waals surface area contributed by atoms with Gasteiger partial charge in [-0.3, -0.25) is 4.99 Å². The standard InChI is InChI=1S/C22H32N6O/c1-16-7-10-18(19(12-16)29-15-17-8-9-17)13-24-22(23-2)25-14-21-27-26-20-6-4-3-5-11-28(20)21/h7,10,12,17H,3-6,8-9,11,13-15H2,1-2H3,(H2,23,24,25). The molecule has 0 spiro atoms. The average molecular weight is 397 g/mol. The minimum atomic E-state index is 0.617. The van der Waals surface area contributed by atoms with Gasteiger partial charge in [0.25, 0.3) is 0 Å². The van der Waals surface area contributed by atoms with Crippen LogP contribution in [0.15, 0.2) is 23.2 Å². The molecule has 156 valence electrons. The molecule has 0 bridgehead atoms. The van der Waals surface area contributed by atoms with Crippen LogP contribution in [0.2, 0.25) is 0 Å². The summed E-state index contributed by atoms with van der Waals surface area (Å²) in [6, 6.07) is 6.39. The quantitative estimate of drug-likeness (QED) is 0.556. The number of nitrogens with zero attached hydrogens (tertiary/aromatic N) is 4. The van der Waals surface area contributed by atoms with E-state index < -0.39 is 0 Å². The molecule has 0 unspecified atom stereocenters. The highest BCUT2D eigenvalue weighted by atomic mass is 16.5. The molecule has 7 nitrogen and oxygen atoms in total. The first-order valence-corrected chi connectivity index (χ1v) is 10.8. The fourth-order valence-corrected chi connectivity index (χ4v) is 3.67.